The normalized spacial score (nSPS) is 19.6. The van der Waals surface area contributed by atoms with E-state index in [4.69, 9.17) is 12.2 Å². The number of carbonyl (C=O) groups excluding carboxylic acids is 1. The molecule has 96 valence electrons. The van der Waals surface area contributed by atoms with Crippen LogP contribution in [0.3, 0.4) is 0 Å². The van der Waals surface area contributed by atoms with E-state index >= 15 is 0 Å². The maximum Gasteiger partial charge on any atom is 0.251 e. The van der Waals surface area contributed by atoms with Gasteiger partial charge in [0, 0.05) is 33.4 Å². The molecule has 1 aromatic carbocycles. The highest BCUT2D eigenvalue weighted by Gasteiger charge is 2.32. The second kappa shape index (κ2) is 4.10. The summed E-state index contributed by atoms with van der Waals surface area (Å²) >= 11 is 5.07. The molecule has 18 heavy (non-hydrogen) atoms. The lowest BCUT2D eigenvalue weighted by molar-refractivity contribution is -0.126. The third-order valence-electron chi connectivity index (χ3n) is 3.33. The maximum absolute atomic E-state index is 11.9. The Bertz CT molecular complexity index is 643. The first kappa shape index (κ1) is 11.2. The molecule has 1 aliphatic rings. The maximum atomic E-state index is 11.9. The number of nitrogens with zero attached hydrogens (tertiary/aromatic N) is 1. The number of para-hydroxylation sites is 1. The molecule has 1 fully saturated rings. The molecular formula is C13H17N3OS. The molecule has 5 heteroatoms. The average molecular weight is 263 g/mol. The number of nitrogens with one attached hydrogen (secondary N) is 2. The topological polar surface area (TPSA) is 48.1 Å². The van der Waals surface area contributed by atoms with Gasteiger partial charge < -0.3 is 10.3 Å². The molecule has 2 N–H and O–H groups in total. The Hall–Kier alpha value is -1.88. The molecule has 2 heterocycles. The minimum absolute atomic E-state index is 0. The van der Waals surface area contributed by atoms with E-state index in [0.717, 1.165) is 16.5 Å². The van der Waals surface area contributed by atoms with Crippen LogP contribution in [0, 0.1) is 0 Å². The summed E-state index contributed by atoms with van der Waals surface area (Å²) in [6.07, 6.45) is 2.61. The van der Waals surface area contributed by atoms with Crippen molar-refractivity contribution in [1.29, 1.82) is 0 Å². The Morgan fingerprint density at radius 1 is 1.44 bits per heavy atom. The molecule has 1 aliphatic heterocycles. The van der Waals surface area contributed by atoms with Gasteiger partial charge in [-0.05, 0) is 23.8 Å². The number of carbonyl (C=O) groups is 1. The van der Waals surface area contributed by atoms with Gasteiger partial charge in [-0.15, -0.1) is 0 Å². The quantitative estimate of drug-likeness (QED) is 0.814. The summed E-state index contributed by atoms with van der Waals surface area (Å²) in [4.78, 5) is 16.7. The molecule has 0 bridgehead atoms. The van der Waals surface area contributed by atoms with E-state index in [-0.39, 0.29) is 14.8 Å². The number of fused-ring (bicyclic) bond motifs is 1. The van der Waals surface area contributed by atoms with E-state index in [1.165, 1.54) is 4.90 Å². The van der Waals surface area contributed by atoms with E-state index in [9.17, 15) is 4.79 Å². The SMILES string of the molecule is CN1C(=O)C(Cc2c[nH]c3ccccc23)NC1=S.[HH].[HH]. The molecule has 0 saturated carbocycles. The molecular weight excluding hydrogens is 246 g/mol. The van der Waals surface area contributed by atoms with Crippen LogP contribution in [0.25, 0.3) is 10.9 Å². The molecule has 1 saturated heterocycles. The van der Waals surface area contributed by atoms with Crippen molar-refractivity contribution in [2.75, 3.05) is 7.05 Å². The fraction of sp³-hybridized carbons (Fsp3) is 0.231. The van der Waals surface area contributed by atoms with E-state index in [0.29, 0.717) is 11.5 Å². The van der Waals surface area contributed by atoms with Gasteiger partial charge in [-0.3, -0.25) is 9.69 Å². The summed E-state index contributed by atoms with van der Waals surface area (Å²) in [7, 11) is 1.70. The second-order valence-corrected chi connectivity index (χ2v) is 4.85. The predicted octanol–water partition coefficient (Wildman–Crippen LogP) is 1.92. The summed E-state index contributed by atoms with van der Waals surface area (Å²) in [6, 6.07) is 7.83. The first-order chi connectivity index (χ1) is 8.66. The molecule has 0 radical (unpaired) electrons. The number of likely N-dealkylation sites (N-methyl/N-ethyl adjacent to an activating group) is 1. The van der Waals surface area contributed by atoms with Crippen molar-refractivity contribution in [1.82, 2.24) is 15.2 Å². The summed E-state index contributed by atoms with van der Waals surface area (Å²) in [6.45, 7) is 0. The smallest absolute Gasteiger partial charge is 0.251 e. The van der Waals surface area contributed by atoms with E-state index < -0.39 is 0 Å². The van der Waals surface area contributed by atoms with Crippen LogP contribution in [0.2, 0.25) is 0 Å². The van der Waals surface area contributed by atoms with Crippen molar-refractivity contribution in [3.05, 3.63) is 36.0 Å². The Morgan fingerprint density at radius 2 is 2.22 bits per heavy atom. The number of hydrogen-bond acceptors (Lipinski definition) is 2. The predicted molar refractivity (Wildman–Crippen MR) is 78.5 cm³/mol. The standard InChI is InChI=1S/C13H13N3OS.2H2/c1-16-12(17)11(15-13(16)18)6-8-7-14-10-5-3-2-4-9(8)10;;/h2-5,7,11,14H,6H2,1H3,(H,15,18);2*1H. The van der Waals surface area contributed by atoms with Crippen molar-refractivity contribution in [3.63, 3.8) is 0 Å². The van der Waals surface area contributed by atoms with E-state index in [1.807, 2.05) is 24.4 Å². The number of H-pyrrole nitrogens is 1. The number of aromatic nitrogens is 1. The van der Waals surface area contributed by atoms with Crippen molar-refractivity contribution in [3.8, 4) is 0 Å². The fourth-order valence-corrected chi connectivity index (χ4v) is 2.53. The molecule has 1 unspecified atom stereocenters. The molecule has 0 spiro atoms. The molecule has 0 aliphatic carbocycles. The van der Waals surface area contributed by atoms with Gasteiger partial charge in [0.05, 0.1) is 0 Å². The van der Waals surface area contributed by atoms with Crippen LogP contribution in [0.1, 0.15) is 8.42 Å². The van der Waals surface area contributed by atoms with Gasteiger partial charge in [-0.25, -0.2) is 0 Å². The molecule has 2 aromatic rings. The van der Waals surface area contributed by atoms with Crippen molar-refractivity contribution in [2.24, 2.45) is 0 Å². The van der Waals surface area contributed by atoms with Crippen LogP contribution < -0.4 is 5.32 Å². The molecule has 4 nitrogen and oxygen atoms in total. The first-order valence-electron chi connectivity index (χ1n) is 5.80. The number of aromatic amines is 1. The molecule has 3 rings (SSSR count). The minimum Gasteiger partial charge on any atom is -0.361 e. The zero-order chi connectivity index (χ0) is 12.7. The highest BCUT2D eigenvalue weighted by Crippen LogP contribution is 2.20. The van der Waals surface area contributed by atoms with Crippen molar-refractivity contribution in [2.45, 2.75) is 12.5 Å². The van der Waals surface area contributed by atoms with Gasteiger partial charge in [-0.1, -0.05) is 18.2 Å². The lowest BCUT2D eigenvalue weighted by atomic mass is 10.1. The lowest BCUT2D eigenvalue weighted by Crippen LogP contribution is -2.31. The van der Waals surface area contributed by atoms with Crippen LogP contribution in [0.15, 0.2) is 30.5 Å². The Labute approximate surface area is 113 Å². The molecule has 1 aromatic heterocycles. The van der Waals surface area contributed by atoms with Crippen LogP contribution in [-0.4, -0.2) is 34.0 Å². The van der Waals surface area contributed by atoms with Gasteiger partial charge in [0.25, 0.3) is 5.91 Å². The van der Waals surface area contributed by atoms with Crippen LogP contribution in [-0.2, 0) is 11.2 Å². The third-order valence-corrected chi connectivity index (χ3v) is 3.72. The fourth-order valence-electron chi connectivity index (χ4n) is 2.30. The first-order valence-corrected chi connectivity index (χ1v) is 6.20. The Balaban J connectivity index is 0.000001000. The van der Waals surface area contributed by atoms with E-state index in [1.54, 1.807) is 7.05 Å². The Kier molecular flexibility index (Phi) is 2.56. The number of rotatable bonds is 2. The van der Waals surface area contributed by atoms with Crippen molar-refractivity contribution < 1.29 is 7.65 Å². The monoisotopic (exact) mass is 263 g/mol. The summed E-state index contributed by atoms with van der Waals surface area (Å²) in [5.41, 5.74) is 2.23. The minimum atomic E-state index is -0.248. The average Bonchev–Trinajstić information content (AvgIpc) is 2.89. The van der Waals surface area contributed by atoms with Gasteiger partial charge in [0.15, 0.2) is 5.11 Å². The van der Waals surface area contributed by atoms with Crippen LogP contribution >= 0.6 is 12.2 Å². The van der Waals surface area contributed by atoms with Crippen LogP contribution in [0.4, 0.5) is 0 Å². The van der Waals surface area contributed by atoms with Crippen molar-refractivity contribution >= 4 is 34.1 Å². The van der Waals surface area contributed by atoms with Gasteiger partial charge in [-0.2, -0.15) is 0 Å². The van der Waals surface area contributed by atoms with Gasteiger partial charge in [0.1, 0.15) is 6.04 Å². The number of hydrogen-bond donors (Lipinski definition) is 2. The summed E-state index contributed by atoms with van der Waals surface area (Å²) < 4.78 is 0. The summed E-state index contributed by atoms with van der Waals surface area (Å²) in [5, 5.41) is 4.71. The van der Waals surface area contributed by atoms with Gasteiger partial charge >= 0.3 is 0 Å². The highest BCUT2D eigenvalue weighted by molar-refractivity contribution is 7.80. The Morgan fingerprint density at radius 3 is 2.94 bits per heavy atom. The largest absolute Gasteiger partial charge is 0.361 e. The second-order valence-electron chi connectivity index (χ2n) is 4.46. The van der Waals surface area contributed by atoms with Gasteiger partial charge in [0.2, 0.25) is 0 Å². The lowest BCUT2D eigenvalue weighted by Gasteiger charge is -2.07. The third kappa shape index (κ3) is 1.67. The number of benzene rings is 1. The number of thiocarbonyl (C=S) groups is 1. The van der Waals surface area contributed by atoms with E-state index in [2.05, 4.69) is 16.4 Å². The zero-order valence-corrected chi connectivity index (χ0v) is 10.8. The summed E-state index contributed by atoms with van der Waals surface area (Å²) in [5.74, 6) is 0.0327. The zero-order valence-electron chi connectivity index (χ0n) is 9.93. The molecule has 1 atom stereocenters. The number of amides is 1. The highest BCUT2D eigenvalue weighted by atomic mass is 32.1. The van der Waals surface area contributed by atoms with Crippen LogP contribution in [0.5, 0.6) is 0 Å². The molecule has 1 amide bonds.